The van der Waals surface area contributed by atoms with Gasteiger partial charge in [-0.1, -0.05) is 48.5 Å². The largest absolute Gasteiger partial charge is 0.493 e. The highest BCUT2D eigenvalue weighted by Crippen LogP contribution is 2.34. The number of pyridine rings is 1. The average Bonchev–Trinajstić information content (AvgIpc) is 2.92. The van der Waals surface area contributed by atoms with Gasteiger partial charge in [0.15, 0.2) is 0 Å². The van der Waals surface area contributed by atoms with E-state index in [1.54, 1.807) is 11.8 Å². The number of hydrogen-bond acceptors (Lipinski definition) is 5. The lowest BCUT2D eigenvalue weighted by Crippen LogP contribution is -2.21. The Hall–Kier alpha value is -3.02. The van der Waals surface area contributed by atoms with Gasteiger partial charge in [-0.3, -0.25) is 4.98 Å². The van der Waals surface area contributed by atoms with Crippen LogP contribution in [-0.2, 0) is 17.1 Å². The van der Waals surface area contributed by atoms with Crippen molar-refractivity contribution in [1.82, 2.24) is 4.98 Å². The molecule has 2 heterocycles. The van der Waals surface area contributed by atoms with Crippen LogP contribution < -0.4 is 9.47 Å². The second-order valence-electron chi connectivity index (χ2n) is 8.93. The van der Waals surface area contributed by atoms with E-state index in [1.165, 1.54) is 4.90 Å². The first-order valence-electron chi connectivity index (χ1n) is 12.2. The highest BCUT2D eigenvalue weighted by molar-refractivity contribution is 7.98. The molecule has 4 aromatic rings. The van der Waals surface area contributed by atoms with Gasteiger partial charge >= 0.3 is 0 Å². The summed E-state index contributed by atoms with van der Waals surface area (Å²) in [6.45, 7) is 5.10. The maximum Gasteiger partial charge on any atom is 0.133 e. The van der Waals surface area contributed by atoms with Crippen LogP contribution >= 0.6 is 11.8 Å². The monoisotopic (exact) mass is 485 g/mol. The summed E-state index contributed by atoms with van der Waals surface area (Å²) in [4.78, 5) is 6.16. The van der Waals surface area contributed by atoms with E-state index in [0.29, 0.717) is 12.5 Å². The second kappa shape index (κ2) is 11.6. The lowest BCUT2D eigenvalue weighted by molar-refractivity contribution is 0.0497. The van der Waals surface area contributed by atoms with E-state index in [-0.39, 0.29) is 0 Å². The molecule has 4 nitrogen and oxygen atoms in total. The number of aromatic nitrogens is 1. The van der Waals surface area contributed by atoms with Gasteiger partial charge in [0, 0.05) is 34.8 Å². The molecule has 5 rings (SSSR count). The molecule has 3 aromatic carbocycles. The van der Waals surface area contributed by atoms with Gasteiger partial charge in [0.2, 0.25) is 0 Å². The third-order valence-electron chi connectivity index (χ3n) is 6.41. The van der Waals surface area contributed by atoms with Gasteiger partial charge < -0.3 is 14.2 Å². The zero-order valence-corrected chi connectivity index (χ0v) is 20.9. The maximum atomic E-state index is 6.36. The molecule has 0 radical (unpaired) electrons. The summed E-state index contributed by atoms with van der Waals surface area (Å²) in [7, 11) is 0. The van der Waals surface area contributed by atoms with Gasteiger partial charge in [-0.05, 0) is 61.6 Å². The van der Waals surface area contributed by atoms with Gasteiger partial charge in [0.05, 0.1) is 17.8 Å². The molecule has 180 valence electrons. The first-order chi connectivity index (χ1) is 17.3. The SMILES string of the molecule is Cc1c(CSc2cccc(OCC3CCOCC3)c2)nc2ccccc2c1OCc1ccccc1. The molecule has 1 fully saturated rings. The van der Waals surface area contributed by atoms with E-state index < -0.39 is 0 Å². The predicted molar refractivity (Wildman–Crippen MR) is 142 cm³/mol. The molecule has 1 aromatic heterocycles. The Kier molecular flexibility index (Phi) is 7.86. The van der Waals surface area contributed by atoms with E-state index in [4.69, 9.17) is 19.2 Å². The summed E-state index contributed by atoms with van der Waals surface area (Å²) in [6, 6.07) is 26.9. The van der Waals surface area contributed by atoms with Crippen molar-refractivity contribution >= 4 is 22.7 Å². The number of rotatable bonds is 9. The van der Waals surface area contributed by atoms with Crippen molar-refractivity contribution in [3.05, 3.63) is 95.7 Å². The van der Waals surface area contributed by atoms with Gasteiger partial charge in [-0.15, -0.1) is 11.8 Å². The molecule has 0 amide bonds. The van der Waals surface area contributed by atoms with Crippen molar-refractivity contribution < 1.29 is 14.2 Å². The van der Waals surface area contributed by atoms with E-state index in [1.807, 2.05) is 36.4 Å². The smallest absolute Gasteiger partial charge is 0.133 e. The zero-order valence-electron chi connectivity index (χ0n) is 20.1. The molecular weight excluding hydrogens is 454 g/mol. The van der Waals surface area contributed by atoms with Gasteiger partial charge in [0.25, 0.3) is 0 Å². The van der Waals surface area contributed by atoms with Crippen LogP contribution in [-0.4, -0.2) is 24.8 Å². The van der Waals surface area contributed by atoms with Crippen LogP contribution in [0.2, 0.25) is 0 Å². The molecule has 0 N–H and O–H groups in total. The van der Waals surface area contributed by atoms with Gasteiger partial charge in [0.1, 0.15) is 18.1 Å². The highest BCUT2D eigenvalue weighted by Gasteiger charge is 2.16. The van der Waals surface area contributed by atoms with E-state index >= 15 is 0 Å². The third-order valence-corrected chi connectivity index (χ3v) is 7.42. The Labute approximate surface area is 211 Å². The fraction of sp³-hybridized carbons (Fsp3) is 0.300. The van der Waals surface area contributed by atoms with Crippen LogP contribution in [0.4, 0.5) is 0 Å². The number of nitrogens with zero attached hydrogens (tertiary/aromatic N) is 1. The molecule has 0 atom stereocenters. The molecule has 1 aliphatic heterocycles. The molecule has 0 unspecified atom stereocenters. The summed E-state index contributed by atoms with van der Waals surface area (Å²) in [6.07, 6.45) is 2.16. The van der Waals surface area contributed by atoms with Crippen molar-refractivity contribution in [3.8, 4) is 11.5 Å². The topological polar surface area (TPSA) is 40.6 Å². The Bertz CT molecular complexity index is 1260. The molecule has 5 heteroatoms. The molecule has 0 aliphatic carbocycles. The number of benzene rings is 3. The Balaban J connectivity index is 1.29. The Morgan fingerprint density at radius 2 is 1.71 bits per heavy atom. The van der Waals surface area contributed by atoms with Gasteiger partial charge in [-0.25, -0.2) is 0 Å². The molecule has 1 saturated heterocycles. The Morgan fingerprint density at radius 3 is 2.57 bits per heavy atom. The number of ether oxygens (including phenoxy) is 3. The summed E-state index contributed by atoms with van der Waals surface area (Å²) in [5, 5.41) is 1.05. The first kappa shape index (κ1) is 23.7. The van der Waals surface area contributed by atoms with E-state index in [9.17, 15) is 0 Å². The summed E-state index contributed by atoms with van der Waals surface area (Å²) < 4.78 is 17.9. The molecule has 0 saturated carbocycles. The number of para-hydroxylation sites is 1. The van der Waals surface area contributed by atoms with Crippen LogP contribution in [0.1, 0.15) is 29.7 Å². The van der Waals surface area contributed by atoms with Crippen LogP contribution in [0.15, 0.2) is 83.8 Å². The predicted octanol–water partition coefficient (Wildman–Crippen LogP) is 7.22. The third kappa shape index (κ3) is 6.16. The first-order valence-corrected chi connectivity index (χ1v) is 13.2. The van der Waals surface area contributed by atoms with Crippen molar-refractivity contribution in [1.29, 1.82) is 0 Å². The van der Waals surface area contributed by atoms with E-state index in [2.05, 4.69) is 49.4 Å². The zero-order chi connectivity index (χ0) is 23.9. The van der Waals surface area contributed by atoms with Crippen LogP contribution in [0.25, 0.3) is 10.9 Å². The standard InChI is InChI=1S/C30H31NO3S/c1-22-29(21-35-26-11-7-10-25(18-26)33-19-24-14-16-32-17-15-24)31-28-13-6-5-12-27(28)30(22)34-20-23-8-3-2-4-9-23/h2-13,18,24H,14-17,19-21H2,1H3. The highest BCUT2D eigenvalue weighted by atomic mass is 32.2. The second-order valence-corrected chi connectivity index (χ2v) is 9.98. The quantitative estimate of drug-likeness (QED) is 0.234. The molecule has 0 bridgehead atoms. The van der Waals surface area contributed by atoms with Crippen molar-refractivity contribution in [3.63, 3.8) is 0 Å². The van der Waals surface area contributed by atoms with Crippen LogP contribution in [0.3, 0.4) is 0 Å². The molecule has 1 aliphatic rings. The number of fused-ring (bicyclic) bond motifs is 1. The average molecular weight is 486 g/mol. The minimum Gasteiger partial charge on any atom is -0.493 e. The molecule has 35 heavy (non-hydrogen) atoms. The van der Waals surface area contributed by atoms with Crippen LogP contribution in [0.5, 0.6) is 11.5 Å². The molecule has 0 spiro atoms. The van der Waals surface area contributed by atoms with E-state index in [0.717, 1.165) is 77.6 Å². The normalized spacial score (nSPS) is 14.2. The van der Waals surface area contributed by atoms with Crippen LogP contribution in [0, 0.1) is 12.8 Å². The number of thioether (sulfide) groups is 1. The van der Waals surface area contributed by atoms with Crippen molar-refractivity contribution in [2.45, 2.75) is 37.0 Å². The number of hydrogen-bond donors (Lipinski definition) is 0. The minimum absolute atomic E-state index is 0.536. The lowest BCUT2D eigenvalue weighted by Gasteiger charge is -2.22. The Morgan fingerprint density at radius 1 is 0.914 bits per heavy atom. The molecular formula is C30H31NO3S. The fourth-order valence-corrected chi connectivity index (χ4v) is 5.27. The maximum absolute atomic E-state index is 6.36. The fourth-order valence-electron chi connectivity index (χ4n) is 4.31. The lowest BCUT2D eigenvalue weighted by atomic mass is 10.0. The summed E-state index contributed by atoms with van der Waals surface area (Å²) in [5.74, 6) is 3.20. The van der Waals surface area contributed by atoms with Crippen molar-refractivity contribution in [2.75, 3.05) is 19.8 Å². The van der Waals surface area contributed by atoms with Crippen molar-refractivity contribution in [2.24, 2.45) is 5.92 Å². The summed E-state index contributed by atoms with van der Waals surface area (Å²) >= 11 is 1.78. The van der Waals surface area contributed by atoms with Gasteiger partial charge in [-0.2, -0.15) is 0 Å². The summed E-state index contributed by atoms with van der Waals surface area (Å²) in [5.41, 5.74) is 4.26. The minimum atomic E-state index is 0.536.